The molecule has 4 N–H and O–H groups in total. The highest BCUT2D eigenvalue weighted by molar-refractivity contribution is 7.89. The molecular weight excluding hydrogens is 297 g/mol. The van der Waals surface area contributed by atoms with Gasteiger partial charge in [0.1, 0.15) is 10.7 Å². The largest absolute Gasteiger partial charge is 0.398 e. The van der Waals surface area contributed by atoms with Gasteiger partial charge in [-0.05, 0) is 31.5 Å². The molecule has 0 fully saturated rings. The lowest BCUT2D eigenvalue weighted by molar-refractivity contribution is -0.121. The number of hydrogen-bond donors (Lipinski definition) is 3. The molecule has 0 aliphatic heterocycles. The quantitative estimate of drug-likeness (QED) is 0.653. The molecule has 0 radical (unpaired) electrons. The van der Waals surface area contributed by atoms with Crippen molar-refractivity contribution in [3.63, 3.8) is 0 Å². The van der Waals surface area contributed by atoms with Crippen molar-refractivity contribution < 1.29 is 17.6 Å². The molecule has 1 unspecified atom stereocenters. The predicted molar refractivity (Wildman–Crippen MR) is 78.5 cm³/mol. The Morgan fingerprint density at radius 2 is 2.10 bits per heavy atom. The van der Waals surface area contributed by atoms with Gasteiger partial charge in [0, 0.05) is 19.0 Å². The molecule has 0 heterocycles. The number of amides is 1. The second-order valence-corrected chi connectivity index (χ2v) is 6.44. The summed E-state index contributed by atoms with van der Waals surface area (Å²) in [5.74, 6) is -0.946. The topological polar surface area (TPSA) is 101 Å². The number of rotatable bonds is 7. The van der Waals surface area contributed by atoms with Crippen LogP contribution in [0.1, 0.15) is 26.7 Å². The van der Waals surface area contributed by atoms with E-state index in [-0.39, 0.29) is 35.5 Å². The van der Waals surface area contributed by atoms with E-state index in [0.717, 1.165) is 18.6 Å². The Hall–Kier alpha value is -1.67. The maximum atomic E-state index is 13.1. The average molecular weight is 317 g/mol. The maximum absolute atomic E-state index is 13.1. The summed E-state index contributed by atoms with van der Waals surface area (Å²) in [6, 6.07) is 3.14. The molecule has 0 aromatic heterocycles. The predicted octanol–water partition coefficient (Wildman–Crippen LogP) is 0.991. The monoisotopic (exact) mass is 317 g/mol. The van der Waals surface area contributed by atoms with Crippen LogP contribution in [0.2, 0.25) is 0 Å². The third-order valence-electron chi connectivity index (χ3n) is 2.93. The van der Waals surface area contributed by atoms with Crippen molar-refractivity contribution in [3.05, 3.63) is 24.0 Å². The van der Waals surface area contributed by atoms with E-state index < -0.39 is 15.8 Å². The van der Waals surface area contributed by atoms with Gasteiger partial charge in [-0.25, -0.2) is 17.5 Å². The molecule has 1 atom stereocenters. The Morgan fingerprint density at radius 3 is 2.71 bits per heavy atom. The zero-order valence-corrected chi connectivity index (χ0v) is 12.8. The van der Waals surface area contributed by atoms with Gasteiger partial charge in [-0.15, -0.1) is 0 Å². The Balaban J connectivity index is 2.62. The molecule has 1 aromatic rings. The summed E-state index contributed by atoms with van der Waals surface area (Å²) < 4.78 is 39.3. The zero-order valence-electron chi connectivity index (χ0n) is 12.0. The van der Waals surface area contributed by atoms with E-state index in [9.17, 15) is 17.6 Å². The highest BCUT2D eigenvalue weighted by Crippen LogP contribution is 2.18. The number of nitrogens with two attached hydrogens (primary N) is 1. The van der Waals surface area contributed by atoms with E-state index in [4.69, 9.17) is 5.73 Å². The minimum Gasteiger partial charge on any atom is -0.398 e. The smallest absolute Gasteiger partial charge is 0.242 e. The van der Waals surface area contributed by atoms with Crippen molar-refractivity contribution in [2.75, 3.05) is 12.3 Å². The van der Waals surface area contributed by atoms with Crippen molar-refractivity contribution >= 4 is 21.6 Å². The van der Waals surface area contributed by atoms with Crippen LogP contribution in [0.4, 0.5) is 10.1 Å². The minimum absolute atomic E-state index is 0.00120. The Kier molecular flexibility index (Phi) is 6.10. The molecule has 0 bridgehead atoms. The van der Waals surface area contributed by atoms with E-state index in [0.29, 0.717) is 0 Å². The van der Waals surface area contributed by atoms with Gasteiger partial charge in [-0.3, -0.25) is 4.79 Å². The van der Waals surface area contributed by atoms with E-state index >= 15 is 0 Å². The Bertz CT molecular complexity index is 605. The van der Waals surface area contributed by atoms with Crippen molar-refractivity contribution in [2.45, 2.75) is 37.6 Å². The molecule has 1 aromatic carbocycles. The summed E-state index contributed by atoms with van der Waals surface area (Å²) in [5, 5.41) is 2.72. The number of carbonyl (C=O) groups excluding carboxylic acids is 1. The lowest BCUT2D eigenvalue weighted by atomic mass is 10.2. The van der Waals surface area contributed by atoms with Gasteiger partial charge < -0.3 is 11.1 Å². The average Bonchev–Trinajstić information content (AvgIpc) is 2.40. The minimum atomic E-state index is -3.94. The van der Waals surface area contributed by atoms with Gasteiger partial charge in [0.05, 0.1) is 5.69 Å². The van der Waals surface area contributed by atoms with E-state index in [1.165, 1.54) is 6.07 Å². The summed E-state index contributed by atoms with van der Waals surface area (Å²) in [6.07, 6.45) is 0.788. The SMILES string of the molecule is CCC(C)NC(=O)CCNS(=O)(=O)c1cc(F)ccc1N. The van der Waals surface area contributed by atoms with Crippen LogP contribution >= 0.6 is 0 Å². The molecule has 0 spiro atoms. The maximum Gasteiger partial charge on any atom is 0.242 e. The van der Waals surface area contributed by atoms with Gasteiger partial charge >= 0.3 is 0 Å². The molecule has 21 heavy (non-hydrogen) atoms. The molecular formula is C13H20FN3O3S. The van der Waals surface area contributed by atoms with Crippen LogP contribution in [-0.4, -0.2) is 26.9 Å². The molecule has 0 aliphatic carbocycles. The third-order valence-corrected chi connectivity index (χ3v) is 4.45. The molecule has 118 valence electrons. The Labute approximate surface area is 124 Å². The van der Waals surface area contributed by atoms with Crippen LogP contribution in [0.25, 0.3) is 0 Å². The van der Waals surface area contributed by atoms with E-state index in [2.05, 4.69) is 10.0 Å². The summed E-state index contributed by atoms with van der Waals surface area (Å²) in [7, 11) is -3.94. The molecule has 0 saturated carbocycles. The van der Waals surface area contributed by atoms with Gasteiger partial charge in [-0.1, -0.05) is 6.92 Å². The normalized spacial score (nSPS) is 12.9. The van der Waals surface area contributed by atoms with E-state index in [1.807, 2.05) is 13.8 Å². The first-order valence-corrected chi connectivity index (χ1v) is 8.08. The van der Waals surface area contributed by atoms with E-state index in [1.54, 1.807) is 0 Å². The van der Waals surface area contributed by atoms with Gasteiger partial charge in [-0.2, -0.15) is 0 Å². The van der Waals surface area contributed by atoms with Crippen molar-refractivity contribution in [1.82, 2.24) is 10.0 Å². The summed E-state index contributed by atoms with van der Waals surface area (Å²) >= 11 is 0. The molecule has 0 saturated heterocycles. The first-order valence-electron chi connectivity index (χ1n) is 6.60. The standard InChI is InChI=1S/C13H20FN3O3S/c1-3-9(2)17-13(18)6-7-16-21(19,20)12-8-10(14)4-5-11(12)15/h4-5,8-9,16H,3,6-7,15H2,1-2H3,(H,17,18). The van der Waals surface area contributed by atoms with Crippen molar-refractivity contribution in [3.8, 4) is 0 Å². The number of carbonyl (C=O) groups is 1. The first kappa shape index (κ1) is 17.4. The van der Waals surface area contributed by atoms with Crippen LogP contribution in [0.3, 0.4) is 0 Å². The highest BCUT2D eigenvalue weighted by Gasteiger charge is 2.18. The van der Waals surface area contributed by atoms with Crippen LogP contribution in [0.5, 0.6) is 0 Å². The third kappa shape index (κ3) is 5.31. The fraction of sp³-hybridized carbons (Fsp3) is 0.462. The van der Waals surface area contributed by atoms with Gasteiger partial charge in [0.2, 0.25) is 15.9 Å². The van der Waals surface area contributed by atoms with Crippen LogP contribution < -0.4 is 15.8 Å². The number of hydrogen-bond acceptors (Lipinski definition) is 4. The number of nitrogens with one attached hydrogen (secondary N) is 2. The second-order valence-electron chi connectivity index (χ2n) is 4.71. The van der Waals surface area contributed by atoms with Crippen LogP contribution in [0, 0.1) is 5.82 Å². The number of benzene rings is 1. The number of sulfonamides is 1. The summed E-state index contributed by atoms with van der Waals surface area (Å²) in [6.45, 7) is 3.70. The molecule has 0 aliphatic rings. The number of anilines is 1. The first-order chi connectivity index (χ1) is 9.76. The van der Waals surface area contributed by atoms with Crippen LogP contribution in [-0.2, 0) is 14.8 Å². The molecule has 8 heteroatoms. The summed E-state index contributed by atoms with van der Waals surface area (Å²) in [5.41, 5.74) is 5.48. The lowest BCUT2D eigenvalue weighted by Gasteiger charge is -2.12. The molecule has 1 rings (SSSR count). The van der Waals surface area contributed by atoms with Gasteiger partial charge in [0.15, 0.2) is 0 Å². The number of nitrogen functional groups attached to an aromatic ring is 1. The van der Waals surface area contributed by atoms with Crippen LogP contribution in [0.15, 0.2) is 23.1 Å². The van der Waals surface area contributed by atoms with Gasteiger partial charge in [0.25, 0.3) is 0 Å². The lowest BCUT2D eigenvalue weighted by Crippen LogP contribution is -2.35. The highest BCUT2D eigenvalue weighted by atomic mass is 32.2. The molecule has 1 amide bonds. The summed E-state index contributed by atoms with van der Waals surface area (Å²) in [4.78, 5) is 11.2. The van der Waals surface area contributed by atoms with Crippen molar-refractivity contribution in [1.29, 1.82) is 0 Å². The fourth-order valence-electron chi connectivity index (χ4n) is 1.57. The second kappa shape index (κ2) is 7.37. The number of halogens is 1. The fourth-order valence-corrected chi connectivity index (χ4v) is 2.74. The Morgan fingerprint density at radius 1 is 1.43 bits per heavy atom. The molecule has 6 nitrogen and oxygen atoms in total. The van der Waals surface area contributed by atoms with Crippen molar-refractivity contribution in [2.24, 2.45) is 0 Å². The zero-order chi connectivity index (χ0) is 16.0.